The van der Waals surface area contributed by atoms with Crippen molar-refractivity contribution in [2.75, 3.05) is 0 Å². The first-order valence-electron chi connectivity index (χ1n) is 4.89. The highest BCUT2D eigenvalue weighted by molar-refractivity contribution is 14.1. The third-order valence-corrected chi connectivity index (χ3v) is 4.26. The number of hydrogen-bond acceptors (Lipinski definition) is 1. The Bertz CT molecular complexity index is 316. The molecule has 0 spiro atoms. The average Bonchev–Trinajstić information content (AvgIpc) is 2.00. The monoisotopic (exact) mass is 321 g/mol. The van der Waals surface area contributed by atoms with E-state index in [9.17, 15) is 0 Å². The van der Waals surface area contributed by atoms with Crippen molar-refractivity contribution < 1.29 is 0 Å². The first-order chi connectivity index (χ1) is 6.70. The van der Waals surface area contributed by atoms with Crippen LogP contribution in [-0.2, 0) is 0 Å². The van der Waals surface area contributed by atoms with E-state index >= 15 is 0 Å². The first kappa shape index (κ1) is 10.7. The lowest BCUT2D eigenvalue weighted by Gasteiger charge is -2.32. The lowest BCUT2D eigenvalue weighted by Crippen LogP contribution is -2.27. The Morgan fingerprint density at radius 2 is 2.14 bits per heavy atom. The molecule has 2 rings (SSSR count). The van der Waals surface area contributed by atoms with E-state index in [0.717, 1.165) is 10.6 Å². The molecule has 0 unspecified atom stereocenters. The van der Waals surface area contributed by atoms with Crippen LogP contribution in [0.1, 0.15) is 30.9 Å². The van der Waals surface area contributed by atoms with Crippen molar-refractivity contribution >= 4 is 34.2 Å². The lowest BCUT2D eigenvalue weighted by atomic mass is 9.77. The van der Waals surface area contributed by atoms with E-state index in [2.05, 4.69) is 28.7 Å². The molecule has 0 radical (unpaired) electrons. The summed E-state index contributed by atoms with van der Waals surface area (Å²) in [5.41, 5.74) is 7.35. The Hall–Kier alpha value is 0.200. The Morgan fingerprint density at radius 1 is 1.43 bits per heavy atom. The van der Waals surface area contributed by atoms with Gasteiger partial charge in [-0.05, 0) is 53.5 Å². The zero-order valence-corrected chi connectivity index (χ0v) is 10.8. The number of hydrogen-bond donors (Lipinski definition) is 1. The van der Waals surface area contributed by atoms with Crippen molar-refractivity contribution in [1.29, 1.82) is 0 Å². The third kappa shape index (κ3) is 1.92. The normalized spacial score (nSPS) is 19.1. The van der Waals surface area contributed by atoms with Gasteiger partial charge in [0, 0.05) is 20.2 Å². The summed E-state index contributed by atoms with van der Waals surface area (Å²) in [5.74, 6) is 0.642. The van der Waals surface area contributed by atoms with Gasteiger partial charge in [-0.1, -0.05) is 24.1 Å². The van der Waals surface area contributed by atoms with Gasteiger partial charge < -0.3 is 5.73 Å². The van der Waals surface area contributed by atoms with Crippen LogP contribution < -0.4 is 5.73 Å². The maximum absolute atomic E-state index is 6.21. The lowest BCUT2D eigenvalue weighted by molar-refractivity contribution is 0.264. The van der Waals surface area contributed by atoms with Crippen molar-refractivity contribution in [3.63, 3.8) is 0 Å². The summed E-state index contributed by atoms with van der Waals surface area (Å²) < 4.78 is 1.19. The van der Waals surface area contributed by atoms with Crippen LogP contribution in [0.15, 0.2) is 18.2 Å². The minimum absolute atomic E-state index is 0.129. The molecule has 1 aromatic carbocycles. The molecule has 1 aromatic rings. The summed E-state index contributed by atoms with van der Waals surface area (Å²) in [6.45, 7) is 0. The van der Waals surface area contributed by atoms with E-state index in [4.69, 9.17) is 17.3 Å². The van der Waals surface area contributed by atoms with Gasteiger partial charge in [0.2, 0.25) is 0 Å². The second-order valence-electron chi connectivity index (χ2n) is 3.85. The molecule has 1 nitrogen and oxygen atoms in total. The van der Waals surface area contributed by atoms with Crippen molar-refractivity contribution in [1.82, 2.24) is 0 Å². The topological polar surface area (TPSA) is 26.0 Å². The standard InChI is InChI=1S/C11H13ClIN/c12-8-5-2-6-9(13)10(8)11(14)7-3-1-4-7/h2,5-7,11H,1,3-4,14H2/t11-/m0/s1. The molecular formula is C11H13ClIN. The number of benzene rings is 1. The molecule has 1 aliphatic rings. The fourth-order valence-corrected chi connectivity index (χ4v) is 3.18. The molecule has 1 fully saturated rings. The molecule has 0 aliphatic heterocycles. The smallest absolute Gasteiger partial charge is 0.0464 e. The Morgan fingerprint density at radius 3 is 2.64 bits per heavy atom. The van der Waals surface area contributed by atoms with Crippen molar-refractivity contribution in [3.05, 3.63) is 32.4 Å². The number of halogens is 2. The molecule has 1 atom stereocenters. The van der Waals surface area contributed by atoms with Gasteiger partial charge in [0.15, 0.2) is 0 Å². The van der Waals surface area contributed by atoms with Crippen LogP contribution in [0.5, 0.6) is 0 Å². The van der Waals surface area contributed by atoms with E-state index in [1.165, 1.54) is 22.8 Å². The largest absolute Gasteiger partial charge is 0.324 e. The summed E-state index contributed by atoms with van der Waals surface area (Å²) in [6.07, 6.45) is 3.82. The van der Waals surface area contributed by atoms with Gasteiger partial charge in [0.1, 0.15) is 0 Å². The van der Waals surface area contributed by atoms with Gasteiger partial charge in [-0.2, -0.15) is 0 Å². The van der Waals surface area contributed by atoms with E-state index in [-0.39, 0.29) is 6.04 Å². The highest BCUT2D eigenvalue weighted by Crippen LogP contribution is 2.39. The molecule has 0 heterocycles. The molecular weight excluding hydrogens is 308 g/mol. The maximum atomic E-state index is 6.21. The highest BCUT2D eigenvalue weighted by Gasteiger charge is 2.27. The van der Waals surface area contributed by atoms with E-state index in [1.54, 1.807) is 0 Å². The summed E-state index contributed by atoms with van der Waals surface area (Å²) in [7, 11) is 0. The molecule has 2 N–H and O–H groups in total. The van der Waals surface area contributed by atoms with Gasteiger partial charge in [0.05, 0.1) is 0 Å². The van der Waals surface area contributed by atoms with Gasteiger partial charge in [0.25, 0.3) is 0 Å². The molecule has 1 saturated carbocycles. The Balaban J connectivity index is 2.29. The molecule has 0 aromatic heterocycles. The molecule has 3 heteroatoms. The van der Waals surface area contributed by atoms with Crippen molar-refractivity contribution in [3.8, 4) is 0 Å². The van der Waals surface area contributed by atoms with Gasteiger partial charge in [-0.25, -0.2) is 0 Å². The van der Waals surface area contributed by atoms with Crippen LogP contribution in [0.3, 0.4) is 0 Å². The van der Waals surface area contributed by atoms with Crippen LogP contribution in [-0.4, -0.2) is 0 Å². The van der Waals surface area contributed by atoms with E-state index in [0.29, 0.717) is 5.92 Å². The predicted molar refractivity (Wildman–Crippen MR) is 68.4 cm³/mol. The second-order valence-corrected chi connectivity index (χ2v) is 5.42. The van der Waals surface area contributed by atoms with Crippen molar-refractivity contribution in [2.45, 2.75) is 25.3 Å². The second kappa shape index (κ2) is 4.37. The molecule has 1 aliphatic carbocycles. The fraction of sp³-hybridized carbons (Fsp3) is 0.455. The molecule has 0 amide bonds. The molecule has 0 saturated heterocycles. The molecule has 14 heavy (non-hydrogen) atoms. The first-order valence-corrected chi connectivity index (χ1v) is 6.35. The number of rotatable bonds is 2. The van der Waals surface area contributed by atoms with Crippen LogP contribution >= 0.6 is 34.2 Å². The van der Waals surface area contributed by atoms with Crippen LogP contribution in [0, 0.1) is 9.49 Å². The molecule has 0 bridgehead atoms. The summed E-state index contributed by atoms with van der Waals surface area (Å²) >= 11 is 8.48. The van der Waals surface area contributed by atoms with E-state index in [1.807, 2.05) is 12.1 Å². The zero-order valence-electron chi connectivity index (χ0n) is 7.84. The van der Waals surface area contributed by atoms with Gasteiger partial charge >= 0.3 is 0 Å². The Labute approximate surface area is 103 Å². The van der Waals surface area contributed by atoms with Crippen LogP contribution in [0.2, 0.25) is 5.02 Å². The molecule has 76 valence electrons. The zero-order chi connectivity index (χ0) is 10.1. The fourth-order valence-electron chi connectivity index (χ4n) is 1.86. The third-order valence-electron chi connectivity index (χ3n) is 2.99. The van der Waals surface area contributed by atoms with Crippen LogP contribution in [0.25, 0.3) is 0 Å². The SMILES string of the molecule is N[C@H](c1c(Cl)cccc1I)C1CCC1. The van der Waals surface area contributed by atoms with Gasteiger partial charge in [-0.15, -0.1) is 0 Å². The van der Waals surface area contributed by atoms with Crippen molar-refractivity contribution in [2.24, 2.45) is 11.7 Å². The highest BCUT2D eigenvalue weighted by atomic mass is 127. The summed E-state index contributed by atoms with van der Waals surface area (Å²) in [6, 6.07) is 6.10. The minimum Gasteiger partial charge on any atom is -0.324 e. The van der Waals surface area contributed by atoms with Crippen LogP contribution in [0.4, 0.5) is 0 Å². The Kier molecular flexibility index (Phi) is 3.34. The quantitative estimate of drug-likeness (QED) is 0.825. The summed E-state index contributed by atoms with van der Waals surface area (Å²) in [5, 5.41) is 0.816. The summed E-state index contributed by atoms with van der Waals surface area (Å²) in [4.78, 5) is 0. The minimum atomic E-state index is 0.129. The van der Waals surface area contributed by atoms with E-state index < -0.39 is 0 Å². The average molecular weight is 322 g/mol. The number of nitrogens with two attached hydrogens (primary N) is 1. The van der Waals surface area contributed by atoms with Gasteiger partial charge in [-0.3, -0.25) is 0 Å². The predicted octanol–water partition coefficient (Wildman–Crippen LogP) is 3.74. The maximum Gasteiger partial charge on any atom is 0.0464 e.